The van der Waals surface area contributed by atoms with Crippen molar-refractivity contribution < 1.29 is 0 Å². The Morgan fingerprint density at radius 3 is 2.87 bits per heavy atom. The smallest absolute Gasteiger partial charge is 0.0643 e. The van der Waals surface area contributed by atoms with Crippen molar-refractivity contribution in [3.05, 3.63) is 28.2 Å². The average Bonchev–Trinajstić information content (AvgIpc) is 2.24. The van der Waals surface area contributed by atoms with E-state index in [1.54, 1.807) is 0 Å². The fraction of sp³-hybridized carbons (Fsp3) is 0.417. The van der Waals surface area contributed by atoms with E-state index in [1.807, 2.05) is 12.1 Å². The van der Waals surface area contributed by atoms with Crippen LogP contribution in [0.2, 0.25) is 0 Å². The number of nitrogens with zero attached hydrogens (tertiary/aromatic N) is 1. The summed E-state index contributed by atoms with van der Waals surface area (Å²) in [6.07, 6.45) is 1.49. The molecule has 1 unspecified atom stereocenters. The number of halogens is 1. The molecule has 1 aromatic carbocycles. The number of aryl methyl sites for hydroxylation is 1. The third-order valence-electron chi connectivity index (χ3n) is 2.38. The Morgan fingerprint density at radius 1 is 1.53 bits per heavy atom. The zero-order chi connectivity index (χ0) is 11.3. The van der Waals surface area contributed by atoms with Crippen LogP contribution in [0.5, 0.6) is 0 Å². The minimum atomic E-state index is 0.230. The van der Waals surface area contributed by atoms with Crippen LogP contribution in [0, 0.1) is 18.3 Å². The van der Waals surface area contributed by atoms with E-state index in [0.29, 0.717) is 6.42 Å². The lowest BCUT2D eigenvalue weighted by molar-refractivity contribution is 0.710. The maximum Gasteiger partial charge on any atom is 0.0643 e. The molecule has 0 bridgehead atoms. The Balaban J connectivity index is 2.80. The molecule has 1 rings (SSSR count). The van der Waals surface area contributed by atoms with E-state index in [1.165, 1.54) is 5.56 Å². The summed E-state index contributed by atoms with van der Waals surface area (Å²) in [6.45, 7) is 4.14. The van der Waals surface area contributed by atoms with Gasteiger partial charge in [-0.25, -0.2) is 0 Å². The van der Waals surface area contributed by atoms with E-state index in [2.05, 4.69) is 47.2 Å². The third kappa shape index (κ3) is 3.24. The molecule has 0 aliphatic heterocycles. The van der Waals surface area contributed by atoms with E-state index in [9.17, 15) is 0 Å². The standard InChI is InChI=1S/C12H15BrN2/c1-3-10(7-8-14)15-11-6-4-5-9(2)12(11)13/h4-6,10,15H,3,7H2,1-2H3. The summed E-state index contributed by atoms with van der Waals surface area (Å²) in [5.41, 5.74) is 2.27. The van der Waals surface area contributed by atoms with Crippen LogP contribution in [0.25, 0.3) is 0 Å². The molecule has 3 heteroatoms. The van der Waals surface area contributed by atoms with Gasteiger partial charge in [-0.2, -0.15) is 5.26 Å². The van der Waals surface area contributed by atoms with Crippen LogP contribution in [-0.4, -0.2) is 6.04 Å². The number of nitriles is 1. The Hall–Kier alpha value is -1.01. The van der Waals surface area contributed by atoms with Crippen molar-refractivity contribution in [2.24, 2.45) is 0 Å². The summed E-state index contributed by atoms with van der Waals surface area (Å²) >= 11 is 3.54. The van der Waals surface area contributed by atoms with Gasteiger partial charge in [-0.3, -0.25) is 0 Å². The van der Waals surface area contributed by atoms with Crippen LogP contribution in [0.15, 0.2) is 22.7 Å². The summed E-state index contributed by atoms with van der Waals surface area (Å²) < 4.78 is 1.08. The zero-order valence-corrected chi connectivity index (χ0v) is 10.6. The van der Waals surface area contributed by atoms with Crippen molar-refractivity contribution in [2.45, 2.75) is 32.7 Å². The normalized spacial score (nSPS) is 11.9. The SMILES string of the molecule is CCC(CC#N)Nc1cccc(C)c1Br. The lowest BCUT2D eigenvalue weighted by Crippen LogP contribution is -2.17. The Labute approximate surface area is 99.4 Å². The molecule has 0 heterocycles. The minimum absolute atomic E-state index is 0.230. The molecule has 0 saturated heterocycles. The van der Waals surface area contributed by atoms with E-state index in [4.69, 9.17) is 5.26 Å². The summed E-state index contributed by atoms with van der Waals surface area (Å²) in [5.74, 6) is 0. The van der Waals surface area contributed by atoms with Crippen LogP contribution >= 0.6 is 15.9 Å². The molecule has 0 aliphatic carbocycles. The van der Waals surface area contributed by atoms with E-state index < -0.39 is 0 Å². The molecule has 1 N–H and O–H groups in total. The van der Waals surface area contributed by atoms with Crippen LogP contribution in [0.4, 0.5) is 5.69 Å². The fourth-order valence-corrected chi connectivity index (χ4v) is 1.77. The molecule has 0 radical (unpaired) electrons. The highest BCUT2D eigenvalue weighted by atomic mass is 79.9. The van der Waals surface area contributed by atoms with Crippen molar-refractivity contribution in [2.75, 3.05) is 5.32 Å². The first kappa shape index (κ1) is 12.1. The molecule has 15 heavy (non-hydrogen) atoms. The lowest BCUT2D eigenvalue weighted by Gasteiger charge is -2.17. The van der Waals surface area contributed by atoms with Gasteiger partial charge in [-0.05, 0) is 40.9 Å². The van der Waals surface area contributed by atoms with Gasteiger partial charge in [0.25, 0.3) is 0 Å². The van der Waals surface area contributed by atoms with Crippen LogP contribution in [0.1, 0.15) is 25.3 Å². The topological polar surface area (TPSA) is 35.8 Å². The first-order valence-corrected chi connectivity index (χ1v) is 5.87. The maximum absolute atomic E-state index is 8.67. The number of nitrogens with one attached hydrogen (secondary N) is 1. The molecule has 2 nitrogen and oxygen atoms in total. The molecule has 0 spiro atoms. The number of anilines is 1. The highest BCUT2D eigenvalue weighted by Gasteiger charge is 2.08. The Bertz CT molecular complexity index is 368. The highest BCUT2D eigenvalue weighted by molar-refractivity contribution is 9.10. The van der Waals surface area contributed by atoms with Crippen LogP contribution in [-0.2, 0) is 0 Å². The molecular formula is C12H15BrN2. The van der Waals surface area contributed by atoms with Crippen molar-refractivity contribution in [1.82, 2.24) is 0 Å². The predicted molar refractivity (Wildman–Crippen MR) is 66.8 cm³/mol. The van der Waals surface area contributed by atoms with E-state index in [-0.39, 0.29) is 6.04 Å². The lowest BCUT2D eigenvalue weighted by atomic mass is 10.1. The third-order valence-corrected chi connectivity index (χ3v) is 3.43. The van der Waals surface area contributed by atoms with Gasteiger partial charge in [0.05, 0.1) is 12.5 Å². The number of rotatable bonds is 4. The fourth-order valence-electron chi connectivity index (χ4n) is 1.39. The van der Waals surface area contributed by atoms with Gasteiger partial charge in [0.1, 0.15) is 0 Å². The maximum atomic E-state index is 8.67. The number of hydrogen-bond donors (Lipinski definition) is 1. The molecule has 0 saturated carbocycles. The van der Waals surface area contributed by atoms with Gasteiger partial charge in [-0.15, -0.1) is 0 Å². The highest BCUT2D eigenvalue weighted by Crippen LogP contribution is 2.26. The predicted octanol–water partition coefficient (Wildman–Crippen LogP) is 3.86. The van der Waals surface area contributed by atoms with Crippen molar-refractivity contribution in [3.63, 3.8) is 0 Å². The Morgan fingerprint density at radius 2 is 2.27 bits per heavy atom. The molecule has 0 amide bonds. The monoisotopic (exact) mass is 266 g/mol. The van der Waals surface area contributed by atoms with E-state index >= 15 is 0 Å². The van der Waals surface area contributed by atoms with Crippen molar-refractivity contribution in [3.8, 4) is 6.07 Å². The van der Waals surface area contributed by atoms with Gasteiger partial charge in [0.2, 0.25) is 0 Å². The molecule has 1 aromatic rings. The summed E-state index contributed by atoms with van der Waals surface area (Å²) in [6, 6.07) is 8.52. The van der Waals surface area contributed by atoms with Crippen LogP contribution in [0.3, 0.4) is 0 Å². The van der Waals surface area contributed by atoms with Gasteiger partial charge < -0.3 is 5.32 Å². The molecule has 0 aromatic heterocycles. The minimum Gasteiger partial charge on any atom is -0.380 e. The zero-order valence-electron chi connectivity index (χ0n) is 9.05. The first-order valence-electron chi connectivity index (χ1n) is 5.07. The Kier molecular flexibility index (Phi) is 4.64. The van der Waals surface area contributed by atoms with E-state index in [0.717, 1.165) is 16.6 Å². The largest absolute Gasteiger partial charge is 0.380 e. The van der Waals surface area contributed by atoms with Crippen molar-refractivity contribution >= 4 is 21.6 Å². The van der Waals surface area contributed by atoms with Gasteiger partial charge in [-0.1, -0.05) is 19.1 Å². The molecule has 0 fully saturated rings. The second-order valence-electron chi connectivity index (χ2n) is 3.55. The number of hydrogen-bond acceptors (Lipinski definition) is 2. The van der Waals surface area contributed by atoms with Crippen molar-refractivity contribution in [1.29, 1.82) is 5.26 Å². The van der Waals surface area contributed by atoms with Gasteiger partial charge in [0, 0.05) is 16.2 Å². The molecule has 0 aliphatic rings. The second-order valence-corrected chi connectivity index (χ2v) is 4.34. The second kappa shape index (κ2) is 5.77. The summed E-state index contributed by atoms with van der Waals surface area (Å²) in [5, 5.41) is 12.0. The molecule has 1 atom stereocenters. The molecule has 80 valence electrons. The first-order chi connectivity index (χ1) is 7.19. The van der Waals surface area contributed by atoms with Gasteiger partial charge >= 0.3 is 0 Å². The quantitative estimate of drug-likeness (QED) is 0.899. The molecular weight excluding hydrogens is 252 g/mol. The van der Waals surface area contributed by atoms with Gasteiger partial charge in [0.15, 0.2) is 0 Å². The van der Waals surface area contributed by atoms with Crippen LogP contribution < -0.4 is 5.32 Å². The average molecular weight is 267 g/mol. The summed E-state index contributed by atoms with van der Waals surface area (Å²) in [7, 11) is 0. The number of benzene rings is 1. The summed E-state index contributed by atoms with van der Waals surface area (Å²) in [4.78, 5) is 0.